The second kappa shape index (κ2) is 5.00. The standard InChI is InChI=1S/C10H11BrO3/c1-14-10(13)5-3-7-2-4-8(11)6-9(7)12/h2,4,6,12H,3,5H2,1H3. The van der Waals surface area contributed by atoms with Crippen LogP contribution in [0.4, 0.5) is 0 Å². The molecule has 0 fully saturated rings. The lowest BCUT2D eigenvalue weighted by molar-refractivity contribution is -0.140. The summed E-state index contributed by atoms with van der Waals surface area (Å²) in [6.07, 6.45) is 0.775. The molecule has 0 atom stereocenters. The summed E-state index contributed by atoms with van der Waals surface area (Å²) in [6, 6.07) is 5.21. The fourth-order valence-corrected chi connectivity index (χ4v) is 1.44. The van der Waals surface area contributed by atoms with E-state index in [0.717, 1.165) is 10.0 Å². The molecule has 3 nitrogen and oxygen atoms in total. The third kappa shape index (κ3) is 3.03. The molecular formula is C10H11BrO3. The number of phenolic OH excluding ortho intramolecular Hbond substituents is 1. The predicted molar refractivity (Wildman–Crippen MR) is 56.1 cm³/mol. The highest BCUT2D eigenvalue weighted by Gasteiger charge is 2.05. The number of hydrogen-bond acceptors (Lipinski definition) is 3. The van der Waals surface area contributed by atoms with E-state index < -0.39 is 0 Å². The van der Waals surface area contributed by atoms with Crippen LogP contribution in [0.5, 0.6) is 5.75 Å². The molecule has 0 aliphatic rings. The number of methoxy groups -OCH3 is 1. The fourth-order valence-electron chi connectivity index (χ4n) is 1.09. The average Bonchev–Trinajstić information content (AvgIpc) is 2.16. The molecule has 0 radical (unpaired) electrons. The van der Waals surface area contributed by atoms with E-state index in [9.17, 15) is 9.90 Å². The van der Waals surface area contributed by atoms with E-state index in [0.29, 0.717) is 6.42 Å². The van der Waals surface area contributed by atoms with Gasteiger partial charge in [0.2, 0.25) is 0 Å². The minimum Gasteiger partial charge on any atom is -0.508 e. The van der Waals surface area contributed by atoms with Gasteiger partial charge in [0.1, 0.15) is 5.75 Å². The van der Waals surface area contributed by atoms with Crippen molar-refractivity contribution in [3.63, 3.8) is 0 Å². The molecule has 0 saturated heterocycles. The maximum atomic E-state index is 10.9. The number of carbonyl (C=O) groups excluding carboxylic acids is 1. The molecule has 0 saturated carbocycles. The molecule has 0 aromatic heterocycles. The molecule has 14 heavy (non-hydrogen) atoms. The molecule has 1 aromatic rings. The zero-order chi connectivity index (χ0) is 10.6. The number of esters is 1. The van der Waals surface area contributed by atoms with Crippen LogP contribution in [-0.4, -0.2) is 18.2 Å². The summed E-state index contributed by atoms with van der Waals surface area (Å²) < 4.78 is 5.32. The highest BCUT2D eigenvalue weighted by Crippen LogP contribution is 2.23. The van der Waals surface area contributed by atoms with Gasteiger partial charge in [-0.1, -0.05) is 22.0 Å². The molecule has 4 heteroatoms. The van der Waals surface area contributed by atoms with Gasteiger partial charge >= 0.3 is 5.97 Å². The average molecular weight is 259 g/mol. The van der Waals surface area contributed by atoms with E-state index in [1.54, 1.807) is 12.1 Å². The van der Waals surface area contributed by atoms with E-state index in [-0.39, 0.29) is 18.1 Å². The maximum Gasteiger partial charge on any atom is 0.305 e. The fraction of sp³-hybridized carbons (Fsp3) is 0.300. The largest absolute Gasteiger partial charge is 0.508 e. The van der Waals surface area contributed by atoms with Gasteiger partial charge in [-0.3, -0.25) is 4.79 Å². The van der Waals surface area contributed by atoms with Crippen molar-refractivity contribution in [1.82, 2.24) is 0 Å². The van der Waals surface area contributed by atoms with Gasteiger partial charge in [-0.25, -0.2) is 0 Å². The smallest absolute Gasteiger partial charge is 0.305 e. The Hall–Kier alpha value is -1.03. The van der Waals surface area contributed by atoms with Gasteiger partial charge in [0, 0.05) is 10.9 Å². The van der Waals surface area contributed by atoms with Crippen LogP contribution in [-0.2, 0) is 16.0 Å². The molecule has 0 amide bonds. The van der Waals surface area contributed by atoms with Gasteiger partial charge < -0.3 is 9.84 Å². The molecule has 0 heterocycles. The molecule has 1 aromatic carbocycles. The summed E-state index contributed by atoms with van der Waals surface area (Å²) in [6.45, 7) is 0. The summed E-state index contributed by atoms with van der Waals surface area (Å²) in [5.74, 6) is -0.0735. The Morgan fingerprint density at radius 2 is 2.29 bits per heavy atom. The number of carbonyl (C=O) groups is 1. The summed E-state index contributed by atoms with van der Waals surface area (Å²) >= 11 is 3.24. The van der Waals surface area contributed by atoms with Crippen molar-refractivity contribution in [2.45, 2.75) is 12.8 Å². The molecule has 0 bridgehead atoms. The summed E-state index contributed by atoms with van der Waals surface area (Å²) in [5, 5.41) is 9.49. The van der Waals surface area contributed by atoms with Crippen molar-refractivity contribution in [2.24, 2.45) is 0 Å². The minimum atomic E-state index is -0.271. The third-order valence-corrected chi connectivity index (χ3v) is 2.37. The highest BCUT2D eigenvalue weighted by atomic mass is 79.9. The lowest BCUT2D eigenvalue weighted by Crippen LogP contribution is -2.01. The van der Waals surface area contributed by atoms with Crippen LogP contribution in [0.2, 0.25) is 0 Å². The van der Waals surface area contributed by atoms with Crippen molar-refractivity contribution in [2.75, 3.05) is 7.11 Å². The zero-order valence-corrected chi connectivity index (χ0v) is 9.37. The number of benzene rings is 1. The molecule has 1 rings (SSSR count). The van der Waals surface area contributed by atoms with Crippen molar-refractivity contribution < 1.29 is 14.6 Å². The van der Waals surface area contributed by atoms with Gasteiger partial charge in [0.25, 0.3) is 0 Å². The molecular weight excluding hydrogens is 248 g/mol. The summed E-state index contributed by atoms with van der Waals surface area (Å²) in [4.78, 5) is 10.9. The molecule has 1 N–H and O–H groups in total. The molecule has 0 unspecified atom stereocenters. The van der Waals surface area contributed by atoms with Crippen LogP contribution in [0.25, 0.3) is 0 Å². The van der Waals surface area contributed by atoms with Gasteiger partial charge in [-0.2, -0.15) is 0 Å². The van der Waals surface area contributed by atoms with Gasteiger partial charge in [-0.05, 0) is 24.1 Å². The first-order chi connectivity index (χ1) is 6.63. The SMILES string of the molecule is COC(=O)CCc1ccc(Br)cc1O. The Kier molecular flexibility index (Phi) is 3.95. The number of halogens is 1. The Morgan fingerprint density at radius 3 is 2.86 bits per heavy atom. The number of rotatable bonds is 3. The molecule has 0 aliphatic heterocycles. The van der Waals surface area contributed by atoms with Crippen LogP contribution in [0.3, 0.4) is 0 Å². The number of ether oxygens (including phenoxy) is 1. The third-order valence-electron chi connectivity index (χ3n) is 1.87. The summed E-state index contributed by atoms with van der Waals surface area (Å²) in [7, 11) is 1.35. The van der Waals surface area contributed by atoms with Gasteiger partial charge in [0.15, 0.2) is 0 Å². The molecule has 0 spiro atoms. The topological polar surface area (TPSA) is 46.5 Å². The van der Waals surface area contributed by atoms with Crippen LogP contribution in [0.15, 0.2) is 22.7 Å². The van der Waals surface area contributed by atoms with Crippen LogP contribution in [0, 0.1) is 0 Å². The lowest BCUT2D eigenvalue weighted by atomic mass is 10.1. The van der Waals surface area contributed by atoms with Crippen LogP contribution < -0.4 is 0 Å². The minimum absolute atomic E-state index is 0.197. The summed E-state index contributed by atoms with van der Waals surface area (Å²) in [5.41, 5.74) is 0.749. The Morgan fingerprint density at radius 1 is 1.57 bits per heavy atom. The van der Waals surface area contributed by atoms with Crippen molar-refractivity contribution in [1.29, 1.82) is 0 Å². The van der Waals surface area contributed by atoms with E-state index in [2.05, 4.69) is 20.7 Å². The van der Waals surface area contributed by atoms with E-state index in [1.165, 1.54) is 7.11 Å². The Labute approximate surface area is 90.8 Å². The Bertz CT molecular complexity index is 336. The van der Waals surface area contributed by atoms with Gasteiger partial charge in [0.05, 0.1) is 7.11 Å². The number of phenols is 1. The quantitative estimate of drug-likeness (QED) is 0.847. The van der Waals surface area contributed by atoms with Crippen LogP contribution >= 0.6 is 15.9 Å². The number of aryl methyl sites for hydroxylation is 1. The highest BCUT2D eigenvalue weighted by molar-refractivity contribution is 9.10. The van der Waals surface area contributed by atoms with E-state index in [1.807, 2.05) is 6.07 Å². The second-order valence-electron chi connectivity index (χ2n) is 2.85. The molecule has 0 aliphatic carbocycles. The first-order valence-corrected chi connectivity index (χ1v) is 4.97. The normalized spacial score (nSPS) is 9.86. The van der Waals surface area contributed by atoms with Crippen molar-refractivity contribution >= 4 is 21.9 Å². The number of hydrogen-bond donors (Lipinski definition) is 1. The van der Waals surface area contributed by atoms with E-state index >= 15 is 0 Å². The zero-order valence-electron chi connectivity index (χ0n) is 7.79. The van der Waals surface area contributed by atoms with Crippen LogP contribution in [0.1, 0.15) is 12.0 Å². The van der Waals surface area contributed by atoms with E-state index in [4.69, 9.17) is 0 Å². The van der Waals surface area contributed by atoms with Crippen molar-refractivity contribution in [3.8, 4) is 5.75 Å². The molecule has 76 valence electrons. The number of aromatic hydroxyl groups is 1. The van der Waals surface area contributed by atoms with Crippen molar-refractivity contribution in [3.05, 3.63) is 28.2 Å². The second-order valence-corrected chi connectivity index (χ2v) is 3.76. The first kappa shape index (κ1) is 11.0. The first-order valence-electron chi connectivity index (χ1n) is 4.17. The maximum absolute atomic E-state index is 10.9. The predicted octanol–water partition coefficient (Wildman–Crippen LogP) is 2.26. The van der Waals surface area contributed by atoms with Gasteiger partial charge in [-0.15, -0.1) is 0 Å². The Balaban J connectivity index is 2.63. The monoisotopic (exact) mass is 258 g/mol. The lowest BCUT2D eigenvalue weighted by Gasteiger charge is -2.03.